The highest BCUT2D eigenvalue weighted by Crippen LogP contribution is 2.14. The van der Waals surface area contributed by atoms with Gasteiger partial charge in [-0.25, -0.2) is 0 Å². The van der Waals surface area contributed by atoms with E-state index in [1.165, 1.54) is 25.3 Å². The predicted molar refractivity (Wildman–Crippen MR) is 64.6 cm³/mol. The number of aromatic hydroxyl groups is 1. The first-order valence-corrected chi connectivity index (χ1v) is 5.98. The van der Waals surface area contributed by atoms with Gasteiger partial charge in [0.15, 0.2) is 5.78 Å². The van der Waals surface area contributed by atoms with Gasteiger partial charge in [-0.1, -0.05) is 38.7 Å². The fraction of sp³-hybridized carbons (Fsp3) is 0.500. The molecule has 0 saturated heterocycles. The molecule has 87 valence electrons. The van der Waals surface area contributed by atoms with Gasteiger partial charge in [0.25, 0.3) is 0 Å². The maximum absolute atomic E-state index is 11.7. The third-order valence-electron chi connectivity index (χ3n) is 2.62. The first-order valence-electron chi connectivity index (χ1n) is 5.98. The summed E-state index contributed by atoms with van der Waals surface area (Å²) in [6, 6.07) is 7.38. The van der Waals surface area contributed by atoms with Crippen LogP contribution in [0.1, 0.15) is 55.8 Å². The first kappa shape index (κ1) is 12.8. The van der Waals surface area contributed by atoms with Crippen LogP contribution in [-0.4, -0.2) is 10.9 Å². The number of rotatable bonds is 7. The molecule has 0 unspecified atom stereocenters. The minimum absolute atomic E-state index is 0.0387. The second-order valence-corrected chi connectivity index (χ2v) is 4.05. The summed E-state index contributed by atoms with van der Waals surface area (Å²) in [6.45, 7) is 2.17. The van der Waals surface area contributed by atoms with E-state index in [2.05, 4.69) is 13.0 Å². The van der Waals surface area contributed by atoms with E-state index in [1.807, 2.05) is 0 Å². The van der Waals surface area contributed by atoms with E-state index in [0.717, 1.165) is 12.8 Å². The number of carbonyl (C=O) groups excluding carboxylic acids is 1. The summed E-state index contributed by atoms with van der Waals surface area (Å²) in [5, 5.41) is 9.20. The molecule has 0 amide bonds. The highest BCUT2D eigenvalue weighted by Gasteiger charge is 2.05. The van der Waals surface area contributed by atoms with Gasteiger partial charge in [0.2, 0.25) is 0 Å². The number of phenolic OH excluding ortho intramolecular Hbond substituents is 1. The fourth-order valence-corrected chi connectivity index (χ4v) is 1.66. The number of phenols is 1. The van der Waals surface area contributed by atoms with Crippen LogP contribution in [-0.2, 0) is 0 Å². The lowest BCUT2D eigenvalue weighted by molar-refractivity contribution is 0.0978. The zero-order valence-corrected chi connectivity index (χ0v) is 9.83. The maximum Gasteiger partial charge on any atom is 0.163 e. The number of hydrogen-bond donors (Lipinski definition) is 1. The van der Waals surface area contributed by atoms with Crippen molar-refractivity contribution in [1.82, 2.24) is 0 Å². The van der Waals surface area contributed by atoms with E-state index in [9.17, 15) is 9.90 Å². The average molecular weight is 219 g/mol. The van der Waals surface area contributed by atoms with E-state index >= 15 is 0 Å². The number of unbranched alkanes of at least 4 members (excludes halogenated alkanes) is 4. The summed E-state index contributed by atoms with van der Waals surface area (Å²) in [5.74, 6) is 0.151. The number of carbonyl (C=O) groups is 1. The first-order chi connectivity index (χ1) is 7.74. The lowest BCUT2D eigenvalue weighted by Gasteiger charge is -2.01. The summed E-state index contributed by atoms with van der Waals surface area (Å²) in [6.07, 6.45) is 6.30. The van der Waals surface area contributed by atoms with E-state index < -0.39 is 0 Å². The van der Waals surface area contributed by atoms with E-state index in [-0.39, 0.29) is 11.5 Å². The Labute approximate surface area is 97.3 Å². The second kappa shape index (κ2) is 7.04. The number of ketones is 1. The lowest BCUT2D eigenvalue weighted by Crippen LogP contribution is -1.98. The maximum atomic E-state index is 11.7. The molecule has 0 aliphatic carbocycles. The Hall–Kier alpha value is -1.31. The standard InChI is InChI=1S/C14H19O2/c1-2-3-4-5-6-10-14(16)12-8-7-9-13(15)11-12/h7-8,11,15H,2-6,10H2,1H3. The van der Waals surface area contributed by atoms with Crippen molar-refractivity contribution < 1.29 is 9.90 Å². The van der Waals surface area contributed by atoms with Crippen LogP contribution in [0.5, 0.6) is 5.75 Å². The summed E-state index contributed by atoms with van der Waals surface area (Å²) in [5.41, 5.74) is 0.590. The Morgan fingerprint density at radius 1 is 1.31 bits per heavy atom. The predicted octanol–water partition coefficient (Wildman–Crippen LogP) is 3.74. The Kier molecular flexibility index (Phi) is 5.62. The van der Waals surface area contributed by atoms with Crippen molar-refractivity contribution in [3.05, 3.63) is 29.8 Å². The molecule has 1 rings (SSSR count). The van der Waals surface area contributed by atoms with Gasteiger partial charge in [0.1, 0.15) is 5.75 Å². The highest BCUT2D eigenvalue weighted by atomic mass is 16.3. The Morgan fingerprint density at radius 2 is 2.06 bits per heavy atom. The van der Waals surface area contributed by atoms with Crippen molar-refractivity contribution >= 4 is 5.78 Å². The third-order valence-corrected chi connectivity index (χ3v) is 2.62. The van der Waals surface area contributed by atoms with E-state index in [0.29, 0.717) is 12.0 Å². The van der Waals surface area contributed by atoms with Gasteiger partial charge in [0.05, 0.1) is 0 Å². The molecule has 1 N–H and O–H groups in total. The molecule has 1 aromatic carbocycles. The summed E-state index contributed by atoms with van der Waals surface area (Å²) < 4.78 is 0. The Bertz CT molecular complexity index is 331. The van der Waals surface area contributed by atoms with Crippen LogP contribution < -0.4 is 0 Å². The molecule has 0 saturated carbocycles. The molecule has 2 nitrogen and oxygen atoms in total. The van der Waals surface area contributed by atoms with E-state index in [1.54, 1.807) is 12.1 Å². The topological polar surface area (TPSA) is 37.3 Å². The molecule has 2 heteroatoms. The summed E-state index contributed by atoms with van der Waals surface area (Å²) in [7, 11) is 0. The van der Waals surface area contributed by atoms with Gasteiger partial charge >= 0.3 is 0 Å². The molecular formula is C14H19O2. The van der Waals surface area contributed by atoms with Crippen LogP contribution in [0, 0.1) is 6.07 Å². The molecule has 16 heavy (non-hydrogen) atoms. The number of hydrogen-bond acceptors (Lipinski definition) is 2. The number of benzene rings is 1. The zero-order chi connectivity index (χ0) is 11.8. The SMILES string of the molecule is CCCCCCCC(=O)c1cc[c]c(O)c1. The average Bonchev–Trinajstić information content (AvgIpc) is 2.28. The monoisotopic (exact) mass is 219 g/mol. The van der Waals surface area contributed by atoms with Crippen molar-refractivity contribution in [3.8, 4) is 5.75 Å². The molecule has 0 heterocycles. The normalized spacial score (nSPS) is 10.3. The van der Waals surface area contributed by atoms with Crippen LogP contribution in [0.2, 0.25) is 0 Å². The molecular weight excluding hydrogens is 200 g/mol. The molecule has 0 aliphatic heterocycles. The van der Waals surface area contributed by atoms with Gasteiger partial charge in [0, 0.05) is 18.1 Å². The van der Waals surface area contributed by atoms with Crippen molar-refractivity contribution in [1.29, 1.82) is 0 Å². The van der Waals surface area contributed by atoms with Crippen LogP contribution in [0.15, 0.2) is 18.2 Å². The van der Waals surface area contributed by atoms with Crippen LogP contribution >= 0.6 is 0 Å². The third kappa shape index (κ3) is 4.47. The minimum atomic E-state index is 0.0387. The van der Waals surface area contributed by atoms with Crippen LogP contribution in [0.25, 0.3) is 0 Å². The summed E-state index contributed by atoms with van der Waals surface area (Å²) in [4.78, 5) is 11.7. The Balaban J connectivity index is 2.30. The van der Waals surface area contributed by atoms with Gasteiger partial charge in [-0.05, 0) is 18.6 Å². The van der Waals surface area contributed by atoms with Crippen molar-refractivity contribution in [2.75, 3.05) is 0 Å². The van der Waals surface area contributed by atoms with Crippen molar-refractivity contribution in [2.24, 2.45) is 0 Å². The van der Waals surface area contributed by atoms with Gasteiger partial charge in [-0.2, -0.15) is 0 Å². The summed E-state index contributed by atoms with van der Waals surface area (Å²) >= 11 is 0. The second-order valence-electron chi connectivity index (χ2n) is 4.05. The molecule has 0 bridgehead atoms. The Morgan fingerprint density at radius 3 is 2.75 bits per heavy atom. The smallest absolute Gasteiger partial charge is 0.163 e. The van der Waals surface area contributed by atoms with Gasteiger partial charge < -0.3 is 5.11 Å². The van der Waals surface area contributed by atoms with Crippen LogP contribution in [0.3, 0.4) is 0 Å². The fourth-order valence-electron chi connectivity index (χ4n) is 1.66. The molecule has 0 aliphatic rings. The molecule has 0 atom stereocenters. The largest absolute Gasteiger partial charge is 0.507 e. The van der Waals surface area contributed by atoms with E-state index in [4.69, 9.17) is 0 Å². The molecule has 0 spiro atoms. The molecule has 1 aromatic rings. The van der Waals surface area contributed by atoms with Crippen LogP contribution in [0.4, 0.5) is 0 Å². The number of Topliss-reactive ketones (excluding diaryl/α,β-unsaturated/α-hetero) is 1. The quantitative estimate of drug-likeness (QED) is 0.560. The zero-order valence-electron chi connectivity index (χ0n) is 9.83. The molecule has 0 fully saturated rings. The molecule has 0 aromatic heterocycles. The van der Waals surface area contributed by atoms with Gasteiger partial charge in [-0.3, -0.25) is 4.79 Å². The van der Waals surface area contributed by atoms with Crippen molar-refractivity contribution in [2.45, 2.75) is 45.4 Å². The van der Waals surface area contributed by atoms with Crippen molar-refractivity contribution in [3.63, 3.8) is 0 Å². The molecule has 1 radical (unpaired) electrons. The highest BCUT2D eigenvalue weighted by molar-refractivity contribution is 5.96. The van der Waals surface area contributed by atoms with Gasteiger partial charge in [-0.15, -0.1) is 0 Å². The lowest BCUT2D eigenvalue weighted by atomic mass is 10.0. The minimum Gasteiger partial charge on any atom is -0.507 e.